The van der Waals surface area contributed by atoms with E-state index in [2.05, 4.69) is 25.1 Å². The van der Waals surface area contributed by atoms with Crippen LogP contribution >= 0.6 is 23.4 Å². The van der Waals surface area contributed by atoms with Gasteiger partial charge in [0, 0.05) is 39.0 Å². The summed E-state index contributed by atoms with van der Waals surface area (Å²) in [7, 11) is 0. The van der Waals surface area contributed by atoms with E-state index in [1.807, 2.05) is 88.4 Å². The van der Waals surface area contributed by atoms with Gasteiger partial charge in [0.2, 0.25) is 0 Å². The van der Waals surface area contributed by atoms with Crippen molar-refractivity contribution in [2.75, 3.05) is 5.75 Å². The molecule has 0 aliphatic carbocycles. The Morgan fingerprint density at radius 3 is 2.38 bits per heavy atom. The molecule has 0 spiro atoms. The number of aromatic nitrogens is 3. The highest BCUT2D eigenvalue weighted by Gasteiger charge is 2.10. The molecule has 4 rings (SSSR count). The number of rotatable bonds is 9. The predicted molar refractivity (Wildman–Crippen MR) is 149 cm³/mol. The molecule has 0 atom stereocenters. The largest absolute Gasteiger partial charge is 0.489 e. The van der Waals surface area contributed by atoms with E-state index in [9.17, 15) is 4.79 Å². The van der Waals surface area contributed by atoms with Gasteiger partial charge in [0.25, 0.3) is 5.91 Å². The number of carbonyl (C=O) groups is 1. The Morgan fingerprint density at radius 2 is 1.70 bits per heavy atom. The Hall–Kier alpha value is -3.62. The van der Waals surface area contributed by atoms with Crippen LogP contribution in [0, 0.1) is 27.7 Å². The summed E-state index contributed by atoms with van der Waals surface area (Å²) >= 11 is 7.23. The van der Waals surface area contributed by atoms with Crippen LogP contribution in [0.25, 0.3) is 5.69 Å². The van der Waals surface area contributed by atoms with E-state index in [0.29, 0.717) is 16.8 Å². The molecule has 7 nitrogen and oxygen atoms in total. The normalized spacial score (nSPS) is 11.2. The number of hydrogen-bond donors (Lipinski definition) is 1. The van der Waals surface area contributed by atoms with Gasteiger partial charge < -0.3 is 9.30 Å². The highest BCUT2D eigenvalue weighted by Crippen LogP contribution is 2.23. The number of aryl methyl sites for hydroxylation is 3. The lowest BCUT2D eigenvalue weighted by Gasteiger charge is -2.11. The lowest BCUT2D eigenvalue weighted by Crippen LogP contribution is -2.19. The van der Waals surface area contributed by atoms with Crippen molar-refractivity contribution in [1.82, 2.24) is 20.0 Å². The van der Waals surface area contributed by atoms with Crippen LogP contribution in [0.15, 0.2) is 70.9 Å². The van der Waals surface area contributed by atoms with Gasteiger partial charge in [0.15, 0.2) is 5.16 Å². The third-order valence-electron chi connectivity index (χ3n) is 5.57. The molecule has 37 heavy (non-hydrogen) atoms. The van der Waals surface area contributed by atoms with Gasteiger partial charge in [0.05, 0.1) is 12.0 Å². The lowest BCUT2D eigenvalue weighted by atomic mass is 10.2. The molecule has 0 radical (unpaired) electrons. The molecule has 1 amide bonds. The fraction of sp³-hybridized carbons (Fsp3) is 0.214. The van der Waals surface area contributed by atoms with Crippen LogP contribution in [0.2, 0.25) is 5.02 Å². The van der Waals surface area contributed by atoms with E-state index in [1.165, 1.54) is 11.8 Å². The Bertz CT molecular complexity index is 1400. The van der Waals surface area contributed by atoms with Gasteiger partial charge in [0.1, 0.15) is 12.4 Å². The van der Waals surface area contributed by atoms with E-state index in [1.54, 1.807) is 6.21 Å². The summed E-state index contributed by atoms with van der Waals surface area (Å²) in [4.78, 5) is 20.9. The molecule has 0 bridgehead atoms. The average molecular weight is 534 g/mol. The fourth-order valence-electron chi connectivity index (χ4n) is 3.85. The van der Waals surface area contributed by atoms with Crippen molar-refractivity contribution < 1.29 is 9.53 Å². The summed E-state index contributed by atoms with van der Waals surface area (Å²) in [5.74, 6) is 0.757. The Morgan fingerprint density at radius 1 is 1.03 bits per heavy atom. The number of thioether (sulfide) groups is 1. The topological polar surface area (TPSA) is 81.4 Å². The summed E-state index contributed by atoms with van der Waals surface area (Å²) in [5, 5.41) is 5.44. The van der Waals surface area contributed by atoms with Crippen molar-refractivity contribution in [3.05, 3.63) is 99.6 Å². The molecule has 0 aliphatic heterocycles. The smallest absolute Gasteiger partial charge is 0.250 e. The molecular formula is C28H28ClN5O2S. The molecule has 2 aromatic carbocycles. The van der Waals surface area contributed by atoms with E-state index in [4.69, 9.17) is 16.3 Å². The predicted octanol–water partition coefficient (Wildman–Crippen LogP) is 5.98. The van der Waals surface area contributed by atoms with Gasteiger partial charge in [-0.15, -0.1) is 0 Å². The molecule has 0 aliphatic rings. The summed E-state index contributed by atoms with van der Waals surface area (Å²) in [6.45, 7) is 8.35. The van der Waals surface area contributed by atoms with Crippen LogP contribution in [-0.2, 0) is 11.4 Å². The molecule has 0 saturated carbocycles. The summed E-state index contributed by atoms with van der Waals surface area (Å²) in [6.07, 6.45) is 1.66. The first-order valence-corrected chi connectivity index (χ1v) is 13.1. The van der Waals surface area contributed by atoms with Crippen molar-refractivity contribution in [3.63, 3.8) is 0 Å². The van der Waals surface area contributed by atoms with E-state index in [-0.39, 0.29) is 11.7 Å². The number of ether oxygens (including phenoxy) is 1. The SMILES string of the molecule is Cc1cc(C)nc(SCC(=O)N/N=C\c2cc(C)n(-c3ccc(OCc4ccc(Cl)cc4)cc3)c2C)n1. The number of hydrazone groups is 1. The maximum absolute atomic E-state index is 12.2. The summed E-state index contributed by atoms with van der Waals surface area (Å²) < 4.78 is 8.04. The van der Waals surface area contributed by atoms with E-state index < -0.39 is 0 Å². The summed E-state index contributed by atoms with van der Waals surface area (Å²) in [5.41, 5.74) is 9.41. The Kier molecular flexibility index (Phi) is 8.63. The molecular weight excluding hydrogens is 506 g/mol. The zero-order chi connectivity index (χ0) is 26.4. The van der Waals surface area contributed by atoms with Crippen molar-refractivity contribution in [2.24, 2.45) is 5.10 Å². The van der Waals surface area contributed by atoms with Crippen molar-refractivity contribution >= 4 is 35.5 Å². The second kappa shape index (κ2) is 12.1. The van der Waals surface area contributed by atoms with Crippen molar-refractivity contribution in [3.8, 4) is 11.4 Å². The third kappa shape index (κ3) is 7.21. The van der Waals surface area contributed by atoms with Crippen LogP contribution in [-0.4, -0.2) is 32.4 Å². The van der Waals surface area contributed by atoms with Gasteiger partial charge in [-0.2, -0.15) is 5.10 Å². The van der Waals surface area contributed by atoms with Gasteiger partial charge >= 0.3 is 0 Å². The second-order valence-electron chi connectivity index (χ2n) is 8.59. The third-order valence-corrected chi connectivity index (χ3v) is 6.67. The highest BCUT2D eigenvalue weighted by atomic mass is 35.5. The van der Waals surface area contributed by atoms with Crippen molar-refractivity contribution in [1.29, 1.82) is 0 Å². The van der Waals surface area contributed by atoms with Gasteiger partial charge in [-0.1, -0.05) is 35.5 Å². The quantitative estimate of drug-likeness (QED) is 0.124. The number of hydrogen-bond acceptors (Lipinski definition) is 6. The molecule has 190 valence electrons. The molecule has 9 heteroatoms. The van der Waals surface area contributed by atoms with E-state index >= 15 is 0 Å². The molecule has 0 fully saturated rings. The monoisotopic (exact) mass is 533 g/mol. The minimum atomic E-state index is -0.216. The molecule has 0 saturated heterocycles. The number of amides is 1. The highest BCUT2D eigenvalue weighted by molar-refractivity contribution is 7.99. The van der Waals surface area contributed by atoms with Crippen LogP contribution in [0.4, 0.5) is 0 Å². The van der Waals surface area contributed by atoms with Crippen LogP contribution in [0.1, 0.15) is 33.9 Å². The molecule has 2 heterocycles. The minimum absolute atomic E-state index is 0.186. The first-order chi connectivity index (χ1) is 17.8. The minimum Gasteiger partial charge on any atom is -0.489 e. The average Bonchev–Trinajstić information content (AvgIpc) is 3.15. The number of nitrogens with zero attached hydrogens (tertiary/aromatic N) is 4. The first-order valence-electron chi connectivity index (χ1n) is 11.7. The molecule has 2 aromatic heterocycles. The molecule has 0 unspecified atom stereocenters. The van der Waals surface area contributed by atoms with Crippen LogP contribution in [0.5, 0.6) is 5.75 Å². The fourth-order valence-corrected chi connectivity index (χ4v) is 4.72. The van der Waals surface area contributed by atoms with Gasteiger partial charge in [-0.3, -0.25) is 4.79 Å². The van der Waals surface area contributed by atoms with Gasteiger partial charge in [-0.25, -0.2) is 15.4 Å². The zero-order valence-electron chi connectivity index (χ0n) is 21.2. The summed E-state index contributed by atoms with van der Waals surface area (Å²) in [6, 6.07) is 19.5. The maximum atomic E-state index is 12.2. The zero-order valence-corrected chi connectivity index (χ0v) is 22.7. The van der Waals surface area contributed by atoms with Gasteiger partial charge in [-0.05, 0) is 81.8 Å². The standard InChI is InChI=1S/C28H28ClN5O2S/c1-18-13-19(2)32-28(31-18)37-17-27(35)33-30-15-23-14-20(3)34(21(23)4)25-9-11-26(12-10-25)36-16-22-5-7-24(29)8-6-22/h5-15H,16-17H2,1-4H3,(H,33,35)/b30-15-. The van der Waals surface area contributed by atoms with Crippen LogP contribution in [0.3, 0.4) is 0 Å². The number of carbonyl (C=O) groups excluding carboxylic acids is 1. The van der Waals surface area contributed by atoms with Crippen molar-refractivity contribution in [2.45, 2.75) is 39.5 Å². The Labute approximate surface area is 225 Å². The Balaban J connectivity index is 1.34. The molecule has 1 N–H and O–H groups in total. The molecule has 4 aromatic rings. The number of benzene rings is 2. The number of halogens is 1. The van der Waals surface area contributed by atoms with Crippen LogP contribution < -0.4 is 10.2 Å². The lowest BCUT2D eigenvalue weighted by molar-refractivity contribution is -0.118. The number of nitrogens with one attached hydrogen (secondary N) is 1. The van der Waals surface area contributed by atoms with E-state index in [0.717, 1.165) is 45.3 Å². The second-order valence-corrected chi connectivity index (χ2v) is 9.96. The maximum Gasteiger partial charge on any atom is 0.250 e. The first kappa shape index (κ1) is 26.4.